The molecule has 0 amide bonds. The van der Waals surface area contributed by atoms with E-state index in [1.807, 2.05) is 0 Å². The number of hydrogen-bond donors (Lipinski definition) is 1. The predicted octanol–water partition coefficient (Wildman–Crippen LogP) is 5.38. The molecule has 1 heterocycles. The third-order valence-corrected chi connectivity index (χ3v) is 3.66. The van der Waals surface area contributed by atoms with Gasteiger partial charge in [0.25, 0.3) is 6.43 Å². The first-order valence-corrected chi connectivity index (χ1v) is 6.86. The molecule has 0 spiro atoms. The summed E-state index contributed by atoms with van der Waals surface area (Å²) in [6.07, 6.45) is -7.69. The lowest BCUT2D eigenvalue weighted by Gasteiger charge is -2.11. The molecule has 0 saturated heterocycles. The van der Waals surface area contributed by atoms with Crippen molar-refractivity contribution in [2.75, 3.05) is 0 Å². The third kappa shape index (κ3) is 3.82. The minimum atomic E-state index is -4.72. The molecule has 118 valence electrons. The average molecular weight is 335 g/mol. The maximum absolute atomic E-state index is 12.8. The first-order valence-electron chi connectivity index (χ1n) is 5.98. The summed E-state index contributed by atoms with van der Waals surface area (Å²) in [5.74, 6) is -0.144. The summed E-state index contributed by atoms with van der Waals surface area (Å²) in [5, 5.41) is 10.8. The van der Waals surface area contributed by atoms with Crippen LogP contribution in [0.1, 0.15) is 23.2 Å². The maximum atomic E-state index is 12.8. The third-order valence-electron chi connectivity index (χ3n) is 2.72. The molecule has 0 radical (unpaired) electrons. The molecule has 0 unspecified atom stereocenters. The van der Waals surface area contributed by atoms with Crippen LogP contribution in [0.5, 0.6) is 0 Å². The standard InChI is InChI=1S/C14H10F5NOS/c1-7(21)2-11-6-22-13(20-11)9-3-8(12(15)16)4-10(5-9)14(17,18)19/h3-6,12,21H,1-2H2. The smallest absolute Gasteiger partial charge is 0.416 e. The predicted molar refractivity (Wildman–Crippen MR) is 73.0 cm³/mol. The van der Waals surface area contributed by atoms with Gasteiger partial charge < -0.3 is 5.11 Å². The van der Waals surface area contributed by atoms with Gasteiger partial charge in [-0.15, -0.1) is 11.3 Å². The van der Waals surface area contributed by atoms with Gasteiger partial charge >= 0.3 is 6.18 Å². The highest BCUT2D eigenvalue weighted by atomic mass is 32.1. The largest absolute Gasteiger partial charge is 0.513 e. The summed E-state index contributed by atoms with van der Waals surface area (Å²) < 4.78 is 64.0. The topological polar surface area (TPSA) is 33.1 Å². The highest BCUT2D eigenvalue weighted by molar-refractivity contribution is 7.13. The molecule has 0 bridgehead atoms. The van der Waals surface area contributed by atoms with Crippen LogP contribution in [0.4, 0.5) is 22.0 Å². The number of aliphatic hydroxyl groups excluding tert-OH is 1. The summed E-state index contributed by atoms with van der Waals surface area (Å²) >= 11 is 1.01. The number of thiazole rings is 1. The van der Waals surface area contributed by atoms with Crippen LogP contribution in [0.15, 0.2) is 35.9 Å². The zero-order chi connectivity index (χ0) is 16.5. The van der Waals surface area contributed by atoms with Gasteiger partial charge in [0, 0.05) is 22.9 Å². The normalized spacial score (nSPS) is 11.9. The molecule has 0 aliphatic heterocycles. The van der Waals surface area contributed by atoms with Gasteiger partial charge in [0.2, 0.25) is 0 Å². The van der Waals surface area contributed by atoms with Crippen molar-refractivity contribution in [3.05, 3.63) is 52.7 Å². The van der Waals surface area contributed by atoms with Gasteiger partial charge in [-0.3, -0.25) is 0 Å². The Balaban J connectivity index is 2.47. The zero-order valence-electron chi connectivity index (χ0n) is 11.0. The van der Waals surface area contributed by atoms with E-state index in [0.29, 0.717) is 11.8 Å². The molecule has 1 N–H and O–H groups in total. The number of aliphatic hydroxyl groups is 1. The Bertz CT molecular complexity index is 693. The number of halogens is 5. The molecule has 8 heteroatoms. The fourth-order valence-corrected chi connectivity index (χ4v) is 2.60. The van der Waals surface area contributed by atoms with E-state index >= 15 is 0 Å². The quantitative estimate of drug-likeness (QED) is 0.601. The van der Waals surface area contributed by atoms with E-state index in [1.54, 1.807) is 0 Å². The fourth-order valence-electron chi connectivity index (χ4n) is 1.79. The van der Waals surface area contributed by atoms with E-state index < -0.39 is 23.7 Å². The van der Waals surface area contributed by atoms with Crippen LogP contribution in [0.3, 0.4) is 0 Å². The van der Waals surface area contributed by atoms with Crippen molar-refractivity contribution in [2.24, 2.45) is 0 Å². The molecule has 0 aliphatic rings. The van der Waals surface area contributed by atoms with E-state index in [0.717, 1.165) is 23.5 Å². The van der Waals surface area contributed by atoms with Gasteiger partial charge in [0.15, 0.2) is 0 Å². The highest BCUT2D eigenvalue weighted by Gasteiger charge is 2.32. The summed E-state index contributed by atoms with van der Waals surface area (Å²) in [4.78, 5) is 4.03. The van der Waals surface area contributed by atoms with E-state index in [9.17, 15) is 22.0 Å². The molecule has 0 saturated carbocycles. The van der Waals surface area contributed by atoms with Crippen molar-refractivity contribution in [2.45, 2.75) is 19.0 Å². The van der Waals surface area contributed by atoms with E-state index in [-0.39, 0.29) is 22.8 Å². The van der Waals surface area contributed by atoms with Crippen LogP contribution in [0.2, 0.25) is 0 Å². The molecule has 1 aromatic carbocycles. The van der Waals surface area contributed by atoms with Crippen molar-refractivity contribution >= 4 is 11.3 Å². The second kappa shape index (κ2) is 6.04. The Morgan fingerprint density at radius 1 is 1.27 bits per heavy atom. The molecular weight excluding hydrogens is 325 g/mol. The number of hydrogen-bond acceptors (Lipinski definition) is 3. The number of benzene rings is 1. The minimum absolute atomic E-state index is 0.0371. The van der Waals surface area contributed by atoms with Gasteiger partial charge in [0.1, 0.15) is 5.01 Å². The van der Waals surface area contributed by atoms with Gasteiger partial charge in [-0.05, 0) is 18.2 Å². The Labute approximate surface area is 126 Å². The molecule has 2 nitrogen and oxygen atoms in total. The number of alkyl halides is 5. The lowest BCUT2D eigenvalue weighted by atomic mass is 10.1. The first kappa shape index (κ1) is 16.4. The Kier molecular flexibility index (Phi) is 4.50. The second-order valence-corrected chi connectivity index (χ2v) is 5.39. The van der Waals surface area contributed by atoms with Crippen LogP contribution >= 0.6 is 11.3 Å². The Morgan fingerprint density at radius 2 is 1.95 bits per heavy atom. The van der Waals surface area contributed by atoms with Crippen molar-refractivity contribution < 1.29 is 27.1 Å². The zero-order valence-corrected chi connectivity index (χ0v) is 11.8. The van der Waals surface area contributed by atoms with Gasteiger partial charge in [0.05, 0.1) is 17.0 Å². The van der Waals surface area contributed by atoms with Gasteiger partial charge in [-0.25, -0.2) is 13.8 Å². The van der Waals surface area contributed by atoms with E-state index in [4.69, 9.17) is 5.11 Å². The first-order chi connectivity index (χ1) is 10.2. The van der Waals surface area contributed by atoms with Crippen LogP contribution in [0.25, 0.3) is 10.6 Å². The van der Waals surface area contributed by atoms with Crippen molar-refractivity contribution in [3.8, 4) is 10.6 Å². The lowest BCUT2D eigenvalue weighted by molar-refractivity contribution is -0.137. The van der Waals surface area contributed by atoms with Crippen LogP contribution in [0, 0.1) is 0 Å². The number of rotatable bonds is 4. The molecule has 0 aliphatic carbocycles. The maximum Gasteiger partial charge on any atom is 0.416 e. The summed E-state index contributed by atoms with van der Waals surface area (Å²) in [6, 6.07) is 2.19. The summed E-state index contributed by atoms with van der Waals surface area (Å²) in [7, 11) is 0. The fraction of sp³-hybridized carbons (Fsp3) is 0.214. The van der Waals surface area contributed by atoms with Crippen LogP contribution in [-0.2, 0) is 12.6 Å². The monoisotopic (exact) mass is 335 g/mol. The number of nitrogens with zero attached hydrogens (tertiary/aromatic N) is 1. The molecule has 22 heavy (non-hydrogen) atoms. The Hall–Kier alpha value is -1.96. The van der Waals surface area contributed by atoms with Crippen LogP contribution in [-0.4, -0.2) is 10.1 Å². The van der Waals surface area contributed by atoms with E-state index in [1.165, 1.54) is 5.38 Å². The second-order valence-electron chi connectivity index (χ2n) is 4.53. The Morgan fingerprint density at radius 3 is 2.50 bits per heavy atom. The molecule has 2 rings (SSSR count). The molecule has 0 atom stereocenters. The summed E-state index contributed by atoms with van der Waals surface area (Å²) in [5.41, 5.74) is -1.50. The molecule has 1 aromatic heterocycles. The van der Waals surface area contributed by atoms with Crippen molar-refractivity contribution in [3.63, 3.8) is 0 Å². The number of allylic oxidation sites excluding steroid dienone is 1. The van der Waals surface area contributed by atoms with Crippen molar-refractivity contribution in [1.29, 1.82) is 0 Å². The summed E-state index contributed by atoms with van der Waals surface area (Å²) in [6.45, 7) is 3.29. The molecule has 2 aromatic rings. The molecule has 0 fully saturated rings. The number of aromatic nitrogens is 1. The van der Waals surface area contributed by atoms with Crippen LogP contribution < -0.4 is 0 Å². The van der Waals surface area contributed by atoms with E-state index in [2.05, 4.69) is 11.6 Å². The van der Waals surface area contributed by atoms with Gasteiger partial charge in [-0.2, -0.15) is 13.2 Å². The lowest BCUT2D eigenvalue weighted by Crippen LogP contribution is -2.06. The molecular formula is C14H10F5NOS. The minimum Gasteiger partial charge on any atom is -0.513 e. The SMILES string of the molecule is C=C(O)Cc1csc(-c2cc(C(F)F)cc(C(F)(F)F)c2)n1. The van der Waals surface area contributed by atoms with Crippen molar-refractivity contribution in [1.82, 2.24) is 4.98 Å². The van der Waals surface area contributed by atoms with Gasteiger partial charge in [-0.1, -0.05) is 6.58 Å². The average Bonchev–Trinajstić information content (AvgIpc) is 2.84. The highest BCUT2D eigenvalue weighted by Crippen LogP contribution is 2.36.